The number of amides is 1. The van der Waals surface area contributed by atoms with Gasteiger partial charge in [-0.25, -0.2) is 4.98 Å². The number of hydrogen-bond donors (Lipinski definition) is 1. The molecule has 1 aromatic heterocycles. The molecule has 1 N–H and O–H groups in total. The predicted molar refractivity (Wildman–Crippen MR) is 70.9 cm³/mol. The van der Waals surface area contributed by atoms with E-state index in [1.165, 1.54) is 0 Å². The van der Waals surface area contributed by atoms with Crippen molar-refractivity contribution < 1.29 is 9.53 Å². The lowest BCUT2D eigenvalue weighted by Crippen LogP contribution is -2.41. The summed E-state index contributed by atoms with van der Waals surface area (Å²) in [5, 5.41) is 6.83. The zero-order chi connectivity index (χ0) is 13.7. The second-order valence-corrected chi connectivity index (χ2v) is 4.80. The van der Waals surface area contributed by atoms with Crippen LogP contribution in [0, 0.1) is 0 Å². The summed E-state index contributed by atoms with van der Waals surface area (Å²) in [4.78, 5) is 18.3. The van der Waals surface area contributed by atoms with Gasteiger partial charge in [0.15, 0.2) is 0 Å². The molecule has 1 aliphatic rings. The fourth-order valence-corrected chi connectivity index (χ4v) is 2.34. The van der Waals surface area contributed by atoms with E-state index in [1.54, 1.807) is 0 Å². The van der Waals surface area contributed by atoms with Crippen LogP contribution >= 0.6 is 0 Å². The number of piperidine rings is 1. The Kier molecular flexibility index (Phi) is 4.90. The maximum Gasteiger partial charge on any atom is 0.293 e. The molecule has 0 radical (unpaired) electrons. The molecule has 19 heavy (non-hydrogen) atoms. The molecule has 0 atom stereocenters. The Hall–Kier alpha value is -1.43. The Balaban J connectivity index is 1.89. The molecular formula is C13H22N4O2. The van der Waals surface area contributed by atoms with Crippen LogP contribution in [0.1, 0.15) is 49.6 Å². The molecule has 1 saturated heterocycles. The van der Waals surface area contributed by atoms with Gasteiger partial charge >= 0.3 is 0 Å². The van der Waals surface area contributed by atoms with Gasteiger partial charge in [-0.2, -0.15) is 0 Å². The van der Waals surface area contributed by atoms with Crippen LogP contribution in [-0.4, -0.2) is 51.8 Å². The molecule has 2 rings (SSSR count). The molecule has 0 aliphatic carbocycles. The summed E-state index contributed by atoms with van der Waals surface area (Å²) in [6.07, 6.45) is 3.89. The monoisotopic (exact) mass is 266 g/mol. The van der Waals surface area contributed by atoms with E-state index in [0.29, 0.717) is 5.82 Å². The van der Waals surface area contributed by atoms with Crippen LogP contribution in [0.2, 0.25) is 0 Å². The first-order valence-corrected chi connectivity index (χ1v) is 7.06. The van der Waals surface area contributed by atoms with Crippen molar-refractivity contribution in [1.29, 1.82) is 0 Å². The normalized spacial score (nSPS) is 16.8. The van der Waals surface area contributed by atoms with Crippen molar-refractivity contribution in [2.24, 2.45) is 0 Å². The number of H-pyrrole nitrogens is 1. The van der Waals surface area contributed by atoms with E-state index in [1.807, 2.05) is 11.8 Å². The van der Waals surface area contributed by atoms with Gasteiger partial charge in [0.05, 0.1) is 6.10 Å². The fraction of sp³-hybridized carbons (Fsp3) is 0.769. The molecule has 106 valence electrons. The third kappa shape index (κ3) is 3.53. The lowest BCUT2D eigenvalue weighted by Gasteiger charge is -2.30. The van der Waals surface area contributed by atoms with Crippen LogP contribution < -0.4 is 0 Å². The van der Waals surface area contributed by atoms with Crippen molar-refractivity contribution in [3.05, 3.63) is 11.6 Å². The Labute approximate surface area is 113 Å². The van der Waals surface area contributed by atoms with Gasteiger partial charge in [0.2, 0.25) is 5.82 Å². The number of carbonyl (C=O) groups is 1. The van der Waals surface area contributed by atoms with E-state index < -0.39 is 0 Å². The Morgan fingerprint density at radius 1 is 1.42 bits per heavy atom. The maximum atomic E-state index is 12.2. The van der Waals surface area contributed by atoms with Gasteiger partial charge in [0.25, 0.3) is 5.91 Å². The van der Waals surface area contributed by atoms with Gasteiger partial charge in [0, 0.05) is 26.1 Å². The molecule has 0 bridgehead atoms. The highest BCUT2D eigenvalue weighted by Crippen LogP contribution is 2.15. The molecule has 6 nitrogen and oxygen atoms in total. The number of hydrogen-bond acceptors (Lipinski definition) is 4. The zero-order valence-corrected chi connectivity index (χ0v) is 11.7. The maximum absolute atomic E-state index is 12.2. The van der Waals surface area contributed by atoms with Crippen LogP contribution in [0.25, 0.3) is 0 Å². The highest BCUT2D eigenvalue weighted by atomic mass is 16.5. The molecular weight excluding hydrogens is 244 g/mol. The number of likely N-dealkylation sites (tertiary alicyclic amines) is 1. The SMILES string of the molecule is CCCc1nc(C(=O)N2CCC(OCC)CC2)n[nH]1. The quantitative estimate of drug-likeness (QED) is 0.874. The average Bonchev–Trinajstić information content (AvgIpc) is 2.88. The van der Waals surface area contributed by atoms with Crippen LogP contribution in [0.4, 0.5) is 0 Å². The van der Waals surface area contributed by atoms with Gasteiger partial charge in [-0.1, -0.05) is 6.92 Å². The number of ether oxygens (including phenoxy) is 1. The van der Waals surface area contributed by atoms with E-state index in [4.69, 9.17) is 4.74 Å². The molecule has 0 unspecified atom stereocenters. The van der Waals surface area contributed by atoms with E-state index in [9.17, 15) is 4.79 Å². The largest absolute Gasteiger partial charge is 0.378 e. The first-order chi connectivity index (χ1) is 9.24. The molecule has 1 amide bonds. The molecule has 1 aliphatic heterocycles. The summed E-state index contributed by atoms with van der Waals surface area (Å²) in [5.74, 6) is 1.00. The number of aromatic nitrogens is 3. The minimum absolute atomic E-state index is 0.0754. The molecule has 0 aromatic carbocycles. The van der Waals surface area contributed by atoms with Crippen molar-refractivity contribution in [3.63, 3.8) is 0 Å². The second-order valence-electron chi connectivity index (χ2n) is 4.80. The molecule has 1 aromatic rings. The number of nitrogens with one attached hydrogen (secondary N) is 1. The molecule has 2 heterocycles. The van der Waals surface area contributed by atoms with Crippen molar-refractivity contribution >= 4 is 5.91 Å². The lowest BCUT2D eigenvalue weighted by atomic mass is 10.1. The van der Waals surface area contributed by atoms with E-state index in [2.05, 4.69) is 22.1 Å². The van der Waals surface area contributed by atoms with Crippen molar-refractivity contribution in [1.82, 2.24) is 20.1 Å². The summed E-state index contributed by atoms with van der Waals surface area (Å²) < 4.78 is 5.58. The van der Waals surface area contributed by atoms with E-state index >= 15 is 0 Å². The van der Waals surface area contributed by atoms with Gasteiger partial charge in [-0.3, -0.25) is 9.89 Å². The van der Waals surface area contributed by atoms with Crippen LogP contribution in [0.5, 0.6) is 0 Å². The number of carbonyl (C=O) groups excluding carboxylic acids is 1. The zero-order valence-electron chi connectivity index (χ0n) is 11.7. The number of rotatable bonds is 5. The lowest BCUT2D eigenvalue weighted by molar-refractivity contribution is 0.0142. The summed E-state index contributed by atoms with van der Waals surface area (Å²) >= 11 is 0. The van der Waals surface area contributed by atoms with Crippen LogP contribution in [0.3, 0.4) is 0 Å². The molecule has 6 heteroatoms. The van der Waals surface area contributed by atoms with E-state index in [0.717, 1.165) is 51.2 Å². The predicted octanol–water partition coefficient (Wildman–Crippen LogP) is 1.40. The third-order valence-electron chi connectivity index (χ3n) is 3.34. The highest BCUT2D eigenvalue weighted by molar-refractivity contribution is 5.90. The fourth-order valence-electron chi connectivity index (χ4n) is 2.34. The standard InChI is InChI=1S/C13H22N4O2/c1-3-5-11-14-12(16-15-11)13(18)17-8-6-10(7-9-17)19-4-2/h10H,3-9H2,1-2H3,(H,14,15,16). The number of aromatic amines is 1. The minimum Gasteiger partial charge on any atom is -0.378 e. The van der Waals surface area contributed by atoms with Crippen LogP contribution in [-0.2, 0) is 11.2 Å². The number of nitrogens with zero attached hydrogens (tertiary/aromatic N) is 3. The van der Waals surface area contributed by atoms with Gasteiger partial charge in [-0.05, 0) is 26.2 Å². The van der Waals surface area contributed by atoms with Crippen molar-refractivity contribution in [2.45, 2.75) is 45.6 Å². The third-order valence-corrected chi connectivity index (χ3v) is 3.34. The summed E-state index contributed by atoms with van der Waals surface area (Å²) in [7, 11) is 0. The smallest absolute Gasteiger partial charge is 0.293 e. The first kappa shape index (κ1) is 14.0. The Morgan fingerprint density at radius 2 is 2.16 bits per heavy atom. The second kappa shape index (κ2) is 6.65. The summed E-state index contributed by atoms with van der Waals surface area (Å²) in [6.45, 7) is 6.26. The Morgan fingerprint density at radius 3 is 2.79 bits per heavy atom. The highest BCUT2D eigenvalue weighted by Gasteiger charge is 2.26. The Bertz CT molecular complexity index is 411. The summed E-state index contributed by atoms with van der Waals surface area (Å²) in [5.41, 5.74) is 0. The van der Waals surface area contributed by atoms with Crippen LogP contribution in [0.15, 0.2) is 0 Å². The molecule has 0 spiro atoms. The first-order valence-electron chi connectivity index (χ1n) is 7.06. The van der Waals surface area contributed by atoms with Gasteiger partial charge in [-0.15, -0.1) is 5.10 Å². The molecule has 0 saturated carbocycles. The minimum atomic E-state index is -0.0754. The van der Waals surface area contributed by atoms with E-state index in [-0.39, 0.29) is 12.0 Å². The average molecular weight is 266 g/mol. The summed E-state index contributed by atoms with van der Waals surface area (Å²) in [6, 6.07) is 0. The van der Waals surface area contributed by atoms with Crippen molar-refractivity contribution in [2.75, 3.05) is 19.7 Å². The molecule has 1 fully saturated rings. The van der Waals surface area contributed by atoms with Crippen molar-refractivity contribution in [3.8, 4) is 0 Å². The van der Waals surface area contributed by atoms with Gasteiger partial charge < -0.3 is 9.64 Å². The van der Waals surface area contributed by atoms with Gasteiger partial charge in [0.1, 0.15) is 5.82 Å². The topological polar surface area (TPSA) is 71.1 Å². The number of aryl methyl sites for hydroxylation is 1.